The summed E-state index contributed by atoms with van der Waals surface area (Å²) in [5.74, 6) is 2.66. The minimum atomic E-state index is 0.216. The van der Waals surface area contributed by atoms with Crippen molar-refractivity contribution in [2.45, 2.75) is 45.3 Å². The van der Waals surface area contributed by atoms with E-state index in [1.54, 1.807) is 0 Å². The number of carbonyl (C=O) groups excluding carboxylic acids is 1. The number of anilines is 1. The molecule has 2 aliphatic rings. The van der Waals surface area contributed by atoms with Crippen molar-refractivity contribution in [1.29, 1.82) is 0 Å². The number of piperidine rings is 1. The average Bonchev–Trinajstić information content (AvgIpc) is 3.02. The Balaban J connectivity index is 1.66. The summed E-state index contributed by atoms with van der Waals surface area (Å²) in [7, 11) is 0. The van der Waals surface area contributed by atoms with Crippen molar-refractivity contribution in [1.82, 2.24) is 19.7 Å². The smallest absolute Gasteiger partial charge is 0.233 e. The highest BCUT2D eigenvalue weighted by Gasteiger charge is 2.24. The van der Waals surface area contributed by atoms with E-state index in [9.17, 15) is 4.79 Å². The number of aromatic nitrogens is 3. The van der Waals surface area contributed by atoms with Gasteiger partial charge in [0.25, 0.3) is 0 Å². The number of nitrogens with zero attached hydrogens (tertiary/aromatic N) is 5. The fourth-order valence-electron chi connectivity index (χ4n) is 3.54. The largest absolute Gasteiger partial charge is 0.378 e. The van der Waals surface area contributed by atoms with Gasteiger partial charge in [-0.1, -0.05) is 32.5 Å². The highest BCUT2D eigenvalue weighted by molar-refractivity contribution is 7.99. The molecule has 2 aliphatic heterocycles. The van der Waals surface area contributed by atoms with Crippen molar-refractivity contribution in [3.63, 3.8) is 0 Å². The van der Waals surface area contributed by atoms with Crippen LogP contribution in [0.25, 0.3) is 0 Å². The molecule has 1 unspecified atom stereocenters. The van der Waals surface area contributed by atoms with Crippen LogP contribution in [0.3, 0.4) is 0 Å². The van der Waals surface area contributed by atoms with Crippen molar-refractivity contribution in [3.05, 3.63) is 0 Å². The van der Waals surface area contributed by atoms with E-state index >= 15 is 0 Å². The first-order valence-electron chi connectivity index (χ1n) is 9.71. The molecule has 3 rings (SSSR count). The van der Waals surface area contributed by atoms with Gasteiger partial charge in [0.05, 0.1) is 19.0 Å². The zero-order chi connectivity index (χ0) is 18.5. The van der Waals surface area contributed by atoms with Crippen molar-refractivity contribution in [3.8, 4) is 0 Å². The first-order valence-corrected chi connectivity index (χ1v) is 10.7. The fourth-order valence-corrected chi connectivity index (χ4v) is 4.39. The molecule has 146 valence electrons. The standard InChI is InChI=1S/C18H31N5O2S/c1-14(2)11-23-17(21-7-9-25-10-8-21)19-20-18(23)26-13-16(24)22-6-4-5-15(3)12-22/h14-15H,4-13H2,1-3H3. The summed E-state index contributed by atoms with van der Waals surface area (Å²) in [6.45, 7) is 12.4. The van der Waals surface area contributed by atoms with Crippen molar-refractivity contribution in [2.24, 2.45) is 11.8 Å². The summed E-state index contributed by atoms with van der Waals surface area (Å²) in [6, 6.07) is 0. The van der Waals surface area contributed by atoms with Crippen LogP contribution in [0.1, 0.15) is 33.6 Å². The minimum Gasteiger partial charge on any atom is -0.378 e. The normalized spacial score (nSPS) is 21.5. The molecular weight excluding hydrogens is 350 g/mol. The van der Waals surface area contributed by atoms with E-state index in [4.69, 9.17) is 4.74 Å². The van der Waals surface area contributed by atoms with Gasteiger partial charge in [0.15, 0.2) is 5.16 Å². The van der Waals surface area contributed by atoms with E-state index in [1.165, 1.54) is 18.2 Å². The highest BCUT2D eigenvalue weighted by atomic mass is 32.2. The topological polar surface area (TPSA) is 63.5 Å². The van der Waals surface area contributed by atoms with E-state index in [1.807, 2.05) is 4.90 Å². The monoisotopic (exact) mass is 381 g/mol. The third-order valence-electron chi connectivity index (χ3n) is 4.87. The third-order valence-corrected chi connectivity index (χ3v) is 5.82. The maximum absolute atomic E-state index is 12.6. The maximum Gasteiger partial charge on any atom is 0.233 e. The summed E-state index contributed by atoms with van der Waals surface area (Å²) in [5, 5.41) is 9.68. The third kappa shape index (κ3) is 4.91. The summed E-state index contributed by atoms with van der Waals surface area (Å²) < 4.78 is 7.62. The molecule has 0 N–H and O–H groups in total. The lowest BCUT2D eigenvalue weighted by molar-refractivity contribution is -0.130. The predicted octanol–water partition coefficient (Wildman–Crippen LogP) is 2.12. The maximum atomic E-state index is 12.6. The number of carbonyl (C=O) groups is 1. The van der Waals surface area contributed by atoms with Crippen LogP contribution in [0.15, 0.2) is 5.16 Å². The molecule has 26 heavy (non-hydrogen) atoms. The van der Waals surface area contributed by atoms with E-state index in [-0.39, 0.29) is 5.91 Å². The van der Waals surface area contributed by atoms with Gasteiger partial charge in [0.2, 0.25) is 11.9 Å². The van der Waals surface area contributed by atoms with Gasteiger partial charge in [0.1, 0.15) is 0 Å². The molecule has 3 heterocycles. The average molecular weight is 382 g/mol. The summed E-state index contributed by atoms with van der Waals surface area (Å²) in [6.07, 6.45) is 2.34. The van der Waals surface area contributed by atoms with Gasteiger partial charge < -0.3 is 14.5 Å². The lowest BCUT2D eigenvalue weighted by Crippen LogP contribution is -2.40. The number of amides is 1. The summed E-state index contributed by atoms with van der Waals surface area (Å²) in [5.41, 5.74) is 0. The molecule has 1 atom stereocenters. The van der Waals surface area contributed by atoms with Gasteiger partial charge in [-0.2, -0.15) is 0 Å². The minimum absolute atomic E-state index is 0.216. The van der Waals surface area contributed by atoms with Crippen LogP contribution < -0.4 is 4.90 Å². The molecule has 0 saturated carbocycles. The van der Waals surface area contributed by atoms with Gasteiger partial charge in [-0.05, 0) is 24.7 Å². The zero-order valence-electron chi connectivity index (χ0n) is 16.2. The molecule has 7 nitrogen and oxygen atoms in total. The molecule has 2 saturated heterocycles. The Kier molecular flexibility index (Phi) is 6.80. The lowest BCUT2D eigenvalue weighted by Gasteiger charge is -2.31. The second-order valence-electron chi connectivity index (χ2n) is 7.76. The number of rotatable bonds is 6. The molecule has 0 radical (unpaired) electrons. The molecule has 1 aromatic heterocycles. The van der Waals surface area contributed by atoms with Crippen LogP contribution in [0.5, 0.6) is 0 Å². The Morgan fingerprint density at radius 3 is 2.73 bits per heavy atom. The van der Waals surface area contributed by atoms with Crippen molar-refractivity contribution >= 4 is 23.6 Å². The number of thioether (sulfide) groups is 1. The Bertz CT molecular complexity index is 600. The quantitative estimate of drug-likeness (QED) is 0.704. The van der Waals surface area contributed by atoms with Crippen molar-refractivity contribution in [2.75, 3.05) is 50.0 Å². The molecule has 1 amide bonds. The van der Waals surface area contributed by atoms with Gasteiger partial charge in [0, 0.05) is 32.7 Å². The molecule has 0 bridgehead atoms. The molecular formula is C18H31N5O2S. The Morgan fingerprint density at radius 2 is 2.04 bits per heavy atom. The Hall–Kier alpha value is -1.28. The fraction of sp³-hybridized carbons (Fsp3) is 0.833. The van der Waals surface area contributed by atoms with Crippen LogP contribution in [0.2, 0.25) is 0 Å². The first-order chi connectivity index (χ1) is 12.5. The van der Waals surface area contributed by atoms with E-state index < -0.39 is 0 Å². The number of ether oxygens (including phenoxy) is 1. The SMILES string of the molecule is CC(C)Cn1c(SCC(=O)N2CCCC(C)C2)nnc1N1CCOCC1. The number of morpholine rings is 1. The second-order valence-corrected chi connectivity index (χ2v) is 8.70. The summed E-state index contributed by atoms with van der Waals surface area (Å²) >= 11 is 1.52. The van der Waals surface area contributed by atoms with Crippen LogP contribution in [0.4, 0.5) is 5.95 Å². The lowest BCUT2D eigenvalue weighted by atomic mass is 10.0. The predicted molar refractivity (Wildman–Crippen MR) is 104 cm³/mol. The van der Waals surface area contributed by atoms with Gasteiger partial charge in [-0.15, -0.1) is 10.2 Å². The van der Waals surface area contributed by atoms with Crippen LogP contribution in [0, 0.1) is 11.8 Å². The van der Waals surface area contributed by atoms with Gasteiger partial charge >= 0.3 is 0 Å². The first kappa shape index (κ1) is 19.5. The van der Waals surface area contributed by atoms with E-state index in [0.29, 0.717) is 17.6 Å². The molecule has 1 aromatic rings. The molecule has 0 aliphatic carbocycles. The molecule has 0 aromatic carbocycles. The van der Waals surface area contributed by atoms with Crippen molar-refractivity contribution < 1.29 is 9.53 Å². The van der Waals surface area contributed by atoms with Crippen LogP contribution >= 0.6 is 11.8 Å². The Morgan fingerprint density at radius 1 is 1.27 bits per heavy atom. The van der Waals surface area contributed by atoms with Crippen LogP contribution in [-0.2, 0) is 16.1 Å². The number of hydrogen-bond acceptors (Lipinski definition) is 6. The Labute approximate surface area is 160 Å². The second kappa shape index (κ2) is 9.08. The highest BCUT2D eigenvalue weighted by Crippen LogP contribution is 2.25. The van der Waals surface area contributed by atoms with Gasteiger partial charge in [-0.3, -0.25) is 9.36 Å². The number of likely N-dealkylation sites (tertiary alicyclic amines) is 1. The van der Waals surface area contributed by atoms with Crippen LogP contribution in [-0.4, -0.2) is 70.7 Å². The molecule has 8 heteroatoms. The van der Waals surface area contributed by atoms with E-state index in [0.717, 1.165) is 63.5 Å². The van der Waals surface area contributed by atoms with E-state index in [2.05, 4.69) is 40.4 Å². The molecule has 2 fully saturated rings. The summed E-state index contributed by atoms with van der Waals surface area (Å²) in [4.78, 5) is 16.8. The zero-order valence-corrected chi connectivity index (χ0v) is 17.0. The molecule has 0 spiro atoms. The number of hydrogen-bond donors (Lipinski definition) is 0. The van der Waals surface area contributed by atoms with Gasteiger partial charge in [-0.25, -0.2) is 0 Å².